The summed E-state index contributed by atoms with van der Waals surface area (Å²) in [6.07, 6.45) is 0. The van der Waals surface area contributed by atoms with Crippen molar-refractivity contribution in [3.63, 3.8) is 0 Å². The van der Waals surface area contributed by atoms with Gasteiger partial charge in [-0.3, -0.25) is 19.8 Å². The first-order valence-electron chi connectivity index (χ1n) is 8.57. The lowest BCUT2D eigenvalue weighted by molar-refractivity contribution is -0.380. The Morgan fingerprint density at radius 2 is 1.80 bits per heavy atom. The molecule has 162 valence electrons. The third-order valence-corrected chi connectivity index (χ3v) is 6.18. The minimum Gasteiger partial charge on any atom is -0.493 e. The molecule has 0 bridgehead atoms. The Kier molecular flexibility index (Phi) is 7.96. The summed E-state index contributed by atoms with van der Waals surface area (Å²) in [5.41, 5.74) is 0.683. The number of benzene rings is 1. The van der Waals surface area contributed by atoms with Crippen LogP contribution in [0, 0.1) is 10.1 Å². The number of hydrogen-bond acceptors (Lipinski definition) is 9. The Morgan fingerprint density at radius 3 is 2.37 bits per heavy atom. The molecule has 1 aromatic carbocycles. The first-order valence-corrected chi connectivity index (χ1v) is 10.2. The predicted octanol–water partition coefficient (Wildman–Crippen LogP) is 3.91. The van der Waals surface area contributed by atoms with Gasteiger partial charge in [-0.15, -0.1) is 12.4 Å². The molecule has 1 amide bonds. The largest absolute Gasteiger partial charge is 0.493 e. The highest BCUT2D eigenvalue weighted by Crippen LogP contribution is 2.38. The zero-order chi connectivity index (χ0) is 21.1. The van der Waals surface area contributed by atoms with Crippen LogP contribution in [0.25, 0.3) is 10.2 Å². The van der Waals surface area contributed by atoms with Crippen molar-refractivity contribution in [3.8, 4) is 11.5 Å². The van der Waals surface area contributed by atoms with Crippen LogP contribution in [0.1, 0.15) is 9.67 Å². The first-order chi connectivity index (χ1) is 13.8. The minimum absolute atomic E-state index is 0. The second-order valence-electron chi connectivity index (χ2n) is 6.33. The molecule has 12 heteroatoms. The van der Waals surface area contributed by atoms with E-state index in [-0.39, 0.29) is 23.3 Å². The maximum atomic E-state index is 13.1. The Labute approximate surface area is 187 Å². The standard InChI is InChI=1S/C18H20N4O5S2.ClH/c1-20(2)7-8-21(17(23)14-5-6-16(28-14)22(24)25)18-19-11-9-12(26-3)13(27-4)10-15(11)29-18;/h5-6,9-10H,7-8H2,1-4H3;1H. The number of amides is 1. The fourth-order valence-corrected chi connectivity index (χ4v) is 4.39. The Morgan fingerprint density at radius 1 is 1.13 bits per heavy atom. The number of rotatable bonds is 8. The van der Waals surface area contributed by atoms with Gasteiger partial charge in [0.05, 0.1) is 34.2 Å². The van der Waals surface area contributed by atoms with Gasteiger partial charge >= 0.3 is 5.00 Å². The number of carbonyl (C=O) groups excluding carboxylic acids is 1. The SMILES string of the molecule is COc1cc2nc(N(CCN(C)C)C(=O)c3ccc([N+](=O)[O-])s3)sc2cc1OC.Cl. The topological polar surface area (TPSA) is 98.0 Å². The third kappa shape index (κ3) is 4.98. The predicted molar refractivity (Wildman–Crippen MR) is 121 cm³/mol. The van der Waals surface area contributed by atoms with Gasteiger partial charge in [-0.1, -0.05) is 22.7 Å². The Bertz CT molecular complexity index is 1010. The van der Waals surface area contributed by atoms with Crippen molar-refractivity contribution in [2.45, 2.75) is 0 Å². The molecule has 0 saturated heterocycles. The summed E-state index contributed by atoms with van der Waals surface area (Å²) < 4.78 is 11.5. The molecule has 0 aliphatic heterocycles. The van der Waals surface area contributed by atoms with E-state index in [9.17, 15) is 14.9 Å². The van der Waals surface area contributed by atoms with Gasteiger partial charge in [-0.25, -0.2) is 4.98 Å². The van der Waals surface area contributed by atoms with Crippen LogP contribution in [0.2, 0.25) is 0 Å². The van der Waals surface area contributed by atoms with Crippen molar-refractivity contribution in [2.75, 3.05) is 46.3 Å². The first kappa shape index (κ1) is 23.8. The van der Waals surface area contributed by atoms with Crippen LogP contribution >= 0.6 is 35.1 Å². The lowest BCUT2D eigenvalue weighted by Gasteiger charge is -2.21. The van der Waals surface area contributed by atoms with Crippen molar-refractivity contribution in [1.82, 2.24) is 9.88 Å². The van der Waals surface area contributed by atoms with Crippen LogP contribution in [0.4, 0.5) is 10.1 Å². The van der Waals surface area contributed by atoms with Crippen LogP contribution in [0.5, 0.6) is 11.5 Å². The molecule has 0 N–H and O–H groups in total. The average Bonchev–Trinajstić information content (AvgIpc) is 3.33. The van der Waals surface area contributed by atoms with E-state index in [0.717, 1.165) is 16.0 Å². The molecule has 0 saturated carbocycles. The van der Waals surface area contributed by atoms with Crippen molar-refractivity contribution in [2.24, 2.45) is 0 Å². The summed E-state index contributed by atoms with van der Waals surface area (Å²) >= 11 is 2.21. The van der Waals surface area contributed by atoms with E-state index in [1.54, 1.807) is 25.2 Å². The summed E-state index contributed by atoms with van der Waals surface area (Å²) in [7, 11) is 6.93. The number of aromatic nitrogens is 1. The number of nitro groups is 1. The van der Waals surface area contributed by atoms with E-state index >= 15 is 0 Å². The van der Waals surface area contributed by atoms with Crippen LogP contribution in [-0.2, 0) is 0 Å². The zero-order valence-electron chi connectivity index (χ0n) is 16.8. The van der Waals surface area contributed by atoms with Gasteiger partial charge in [0, 0.05) is 31.3 Å². The van der Waals surface area contributed by atoms with Crippen LogP contribution in [0.3, 0.4) is 0 Å². The van der Waals surface area contributed by atoms with Crippen molar-refractivity contribution >= 4 is 61.3 Å². The monoisotopic (exact) mass is 472 g/mol. The van der Waals surface area contributed by atoms with Crippen molar-refractivity contribution < 1.29 is 19.2 Å². The second kappa shape index (κ2) is 10.0. The molecule has 9 nitrogen and oxygen atoms in total. The molecule has 3 aromatic rings. The van der Waals surface area contributed by atoms with Gasteiger partial charge in [-0.2, -0.15) is 0 Å². The lowest BCUT2D eigenvalue weighted by Crippen LogP contribution is -2.36. The molecule has 0 unspecified atom stereocenters. The molecule has 30 heavy (non-hydrogen) atoms. The highest BCUT2D eigenvalue weighted by atomic mass is 35.5. The number of anilines is 1. The van der Waals surface area contributed by atoms with Gasteiger partial charge in [-0.05, 0) is 20.2 Å². The highest BCUT2D eigenvalue weighted by molar-refractivity contribution is 7.22. The summed E-state index contributed by atoms with van der Waals surface area (Å²) in [4.78, 5) is 32.0. The Hall–Kier alpha value is -2.47. The molecule has 0 radical (unpaired) electrons. The Balaban J connectivity index is 0.00000320. The molecular formula is C18H21ClN4O5S2. The molecule has 0 aliphatic carbocycles. The van der Waals surface area contributed by atoms with Gasteiger partial charge in [0.1, 0.15) is 0 Å². The summed E-state index contributed by atoms with van der Waals surface area (Å²) in [6, 6.07) is 6.40. The molecule has 3 rings (SSSR count). The number of likely N-dealkylation sites (N-methyl/N-ethyl adjacent to an activating group) is 1. The highest BCUT2D eigenvalue weighted by Gasteiger charge is 2.25. The summed E-state index contributed by atoms with van der Waals surface area (Å²) in [5, 5.41) is 11.4. The summed E-state index contributed by atoms with van der Waals surface area (Å²) in [6.45, 7) is 1.01. The van der Waals surface area contributed by atoms with Gasteiger partial charge in [0.2, 0.25) is 0 Å². The number of thiazole rings is 1. The maximum Gasteiger partial charge on any atom is 0.324 e. The van der Waals surface area contributed by atoms with Crippen molar-refractivity contribution in [3.05, 3.63) is 39.3 Å². The van der Waals surface area contributed by atoms with E-state index in [1.807, 2.05) is 25.1 Å². The average molecular weight is 473 g/mol. The van der Waals surface area contributed by atoms with E-state index in [0.29, 0.717) is 40.1 Å². The minimum atomic E-state index is -0.498. The number of halogens is 1. The number of ether oxygens (including phenoxy) is 2. The van der Waals surface area contributed by atoms with Crippen LogP contribution in [0.15, 0.2) is 24.3 Å². The molecule has 0 fully saturated rings. The number of nitrogens with zero attached hydrogens (tertiary/aromatic N) is 4. The fourth-order valence-electron chi connectivity index (χ4n) is 2.62. The second-order valence-corrected chi connectivity index (χ2v) is 8.40. The van der Waals surface area contributed by atoms with E-state index in [2.05, 4.69) is 4.98 Å². The van der Waals surface area contributed by atoms with E-state index in [4.69, 9.17) is 9.47 Å². The lowest BCUT2D eigenvalue weighted by atomic mass is 10.3. The van der Waals surface area contributed by atoms with Crippen LogP contribution in [-0.4, -0.2) is 62.1 Å². The quantitative estimate of drug-likeness (QED) is 0.362. The number of hydrogen-bond donors (Lipinski definition) is 0. The number of thiophene rings is 1. The number of methoxy groups -OCH3 is 2. The number of carbonyl (C=O) groups is 1. The van der Waals surface area contributed by atoms with Gasteiger partial charge in [0.25, 0.3) is 5.91 Å². The normalized spacial score (nSPS) is 10.7. The summed E-state index contributed by atoms with van der Waals surface area (Å²) in [5.74, 6) is 0.815. The molecule has 0 spiro atoms. The molecular weight excluding hydrogens is 452 g/mol. The van der Waals surface area contributed by atoms with Gasteiger partial charge in [0.15, 0.2) is 16.6 Å². The number of fused-ring (bicyclic) bond motifs is 1. The van der Waals surface area contributed by atoms with Crippen molar-refractivity contribution in [1.29, 1.82) is 0 Å². The van der Waals surface area contributed by atoms with Gasteiger partial charge < -0.3 is 14.4 Å². The maximum absolute atomic E-state index is 13.1. The van der Waals surface area contributed by atoms with E-state index in [1.165, 1.54) is 23.5 Å². The zero-order valence-corrected chi connectivity index (χ0v) is 19.2. The van der Waals surface area contributed by atoms with E-state index < -0.39 is 4.92 Å². The smallest absolute Gasteiger partial charge is 0.324 e. The van der Waals surface area contributed by atoms with Crippen LogP contribution < -0.4 is 14.4 Å². The molecule has 2 aromatic heterocycles. The fraction of sp³-hybridized carbons (Fsp3) is 0.333. The third-order valence-electron chi connectivity index (χ3n) is 4.11. The molecule has 2 heterocycles. The molecule has 0 atom stereocenters. The molecule has 0 aliphatic rings.